The Labute approximate surface area is 94.2 Å². The van der Waals surface area contributed by atoms with Crippen molar-refractivity contribution in [1.29, 1.82) is 0 Å². The molecule has 1 saturated heterocycles. The van der Waals surface area contributed by atoms with E-state index < -0.39 is 11.6 Å². The van der Waals surface area contributed by atoms with Gasteiger partial charge in [0.1, 0.15) is 11.6 Å². The van der Waals surface area contributed by atoms with Gasteiger partial charge >= 0.3 is 0 Å². The summed E-state index contributed by atoms with van der Waals surface area (Å²) < 4.78 is 26.8. The van der Waals surface area contributed by atoms with Crippen LogP contribution in [0.5, 0.6) is 0 Å². The number of benzene rings is 1. The first kappa shape index (κ1) is 11.3. The second-order valence-corrected chi connectivity index (χ2v) is 4.04. The summed E-state index contributed by atoms with van der Waals surface area (Å²) in [5.74, 6) is -0.964. The van der Waals surface area contributed by atoms with Crippen LogP contribution in [0.25, 0.3) is 6.08 Å². The summed E-state index contributed by atoms with van der Waals surface area (Å²) in [6.07, 6.45) is 4.48. The first-order chi connectivity index (χ1) is 7.77. The third-order valence-electron chi connectivity index (χ3n) is 2.82. The van der Waals surface area contributed by atoms with E-state index in [1.165, 1.54) is 18.2 Å². The van der Waals surface area contributed by atoms with Crippen LogP contribution in [0.15, 0.2) is 23.8 Å². The summed E-state index contributed by atoms with van der Waals surface area (Å²) in [6.45, 7) is 1.87. The molecule has 1 nitrogen and oxygen atoms in total. The molecule has 0 radical (unpaired) electrons. The largest absolute Gasteiger partial charge is 0.316 e. The van der Waals surface area contributed by atoms with Gasteiger partial charge in [0, 0.05) is 5.56 Å². The van der Waals surface area contributed by atoms with Crippen LogP contribution in [0.1, 0.15) is 24.8 Å². The molecular formula is C13H15F2N. The minimum atomic E-state index is -0.482. The molecule has 1 aliphatic heterocycles. The molecule has 0 amide bonds. The molecule has 86 valence electrons. The van der Waals surface area contributed by atoms with Gasteiger partial charge in [-0.05, 0) is 50.6 Å². The highest BCUT2D eigenvalue weighted by atomic mass is 19.1. The Kier molecular flexibility index (Phi) is 3.67. The fraction of sp³-hybridized carbons (Fsp3) is 0.385. The number of nitrogens with one attached hydrogen (secondary N) is 1. The first-order valence-electron chi connectivity index (χ1n) is 5.61. The molecule has 3 heteroatoms. The van der Waals surface area contributed by atoms with Gasteiger partial charge in [0.05, 0.1) is 0 Å². The zero-order valence-corrected chi connectivity index (χ0v) is 9.10. The SMILES string of the molecule is Fc1cccc(F)c1/C=C1/CCCNCC1. The van der Waals surface area contributed by atoms with Crippen molar-refractivity contribution in [1.82, 2.24) is 5.32 Å². The highest BCUT2D eigenvalue weighted by Crippen LogP contribution is 2.20. The molecule has 0 bridgehead atoms. The van der Waals surface area contributed by atoms with Gasteiger partial charge in [-0.1, -0.05) is 11.6 Å². The van der Waals surface area contributed by atoms with E-state index in [-0.39, 0.29) is 5.56 Å². The zero-order valence-electron chi connectivity index (χ0n) is 9.10. The van der Waals surface area contributed by atoms with Crippen LogP contribution in [0.3, 0.4) is 0 Å². The van der Waals surface area contributed by atoms with Gasteiger partial charge in [0.25, 0.3) is 0 Å². The van der Waals surface area contributed by atoms with Crippen LogP contribution in [0.2, 0.25) is 0 Å². The van der Waals surface area contributed by atoms with Crippen molar-refractivity contribution in [3.05, 3.63) is 41.0 Å². The third kappa shape index (κ3) is 2.67. The van der Waals surface area contributed by atoms with Crippen molar-refractivity contribution in [3.63, 3.8) is 0 Å². The summed E-state index contributed by atoms with van der Waals surface area (Å²) in [5, 5.41) is 3.26. The highest BCUT2D eigenvalue weighted by Gasteiger charge is 2.08. The maximum absolute atomic E-state index is 13.4. The predicted octanol–water partition coefficient (Wildman–Crippen LogP) is 3.12. The van der Waals surface area contributed by atoms with Gasteiger partial charge in [0.2, 0.25) is 0 Å². The predicted molar refractivity (Wildman–Crippen MR) is 61.1 cm³/mol. The van der Waals surface area contributed by atoms with E-state index in [0.29, 0.717) is 0 Å². The average Bonchev–Trinajstić information content (AvgIpc) is 2.52. The molecular weight excluding hydrogens is 208 g/mol. The van der Waals surface area contributed by atoms with E-state index in [1.54, 1.807) is 6.08 Å². The van der Waals surface area contributed by atoms with Crippen LogP contribution in [0.4, 0.5) is 8.78 Å². The molecule has 0 saturated carbocycles. The second kappa shape index (κ2) is 5.21. The number of rotatable bonds is 1. The van der Waals surface area contributed by atoms with Crippen molar-refractivity contribution in [3.8, 4) is 0 Å². The minimum absolute atomic E-state index is 0.0967. The molecule has 1 fully saturated rings. The van der Waals surface area contributed by atoms with Crippen molar-refractivity contribution >= 4 is 6.08 Å². The molecule has 2 rings (SSSR count). The van der Waals surface area contributed by atoms with Crippen LogP contribution in [0, 0.1) is 11.6 Å². The van der Waals surface area contributed by atoms with Crippen LogP contribution < -0.4 is 5.32 Å². The van der Waals surface area contributed by atoms with Crippen LogP contribution in [-0.2, 0) is 0 Å². The lowest BCUT2D eigenvalue weighted by Gasteiger charge is -2.04. The Morgan fingerprint density at radius 3 is 2.56 bits per heavy atom. The van der Waals surface area contributed by atoms with Gasteiger partial charge in [-0.25, -0.2) is 8.78 Å². The lowest BCUT2D eigenvalue weighted by atomic mass is 10.0. The normalized spacial score (nSPS) is 19.8. The van der Waals surface area contributed by atoms with Crippen molar-refractivity contribution in [2.24, 2.45) is 0 Å². The van der Waals surface area contributed by atoms with Crippen LogP contribution >= 0.6 is 0 Å². The van der Waals surface area contributed by atoms with E-state index in [2.05, 4.69) is 5.32 Å². The molecule has 1 heterocycles. The van der Waals surface area contributed by atoms with E-state index in [0.717, 1.165) is 37.9 Å². The quantitative estimate of drug-likeness (QED) is 0.771. The van der Waals surface area contributed by atoms with Crippen molar-refractivity contribution < 1.29 is 8.78 Å². The Bertz CT molecular complexity index is 369. The van der Waals surface area contributed by atoms with Crippen LogP contribution in [-0.4, -0.2) is 13.1 Å². The standard InChI is InChI=1S/C13H15F2N/c14-12-4-1-5-13(15)11(12)9-10-3-2-7-16-8-6-10/h1,4-5,9,16H,2-3,6-8H2/b10-9-. The molecule has 0 aromatic heterocycles. The molecule has 1 N–H and O–H groups in total. The summed E-state index contributed by atoms with van der Waals surface area (Å²) in [5.41, 5.74) is 1.22. The average molecular weight is 223 g/mol. The Hall–Kier alpha value is -1.22. The highest BCUT2D eigenvalue weighted by molar-refractivity contribution is 5.54. The Morgan fingerprint density at radius 2 is 1.81 bits per heavy atom. The van der Waals surface area contributed by atoms with Crippen molar-refractivity contribution in [2.45, 2.75) is 19.3 Å². The molecule has 0 spiro atoms. The summed E-state index contributed by atoms with van der Waals surface area (Å²) >= 11 is 0. The molecule has 1 aromatic carbocycles. The first-order valence-corrected chi connectivity index (χ1v) is 5.61. The maximum atomic E-state index is 13.4. The monoisotopic (exact) mass is 223 g/mol. The zero-order chi connectivity index (χ0) is 11.4. The third-order valence-corrected chi connectivity index (χ3v) is 2.82. The number of halogens is 2. The number of hydrogen-bond donors (Lipinski definition) is 1. The molecule has 16 heavy (non-hydrogen) atoms. The van der Waals surface area contributed by atoms with E-state index >= 15 is 0 Å². The molecule has 1 aromatic rings. The topological polar surface area (TPSA) is 12.0 Å². The minimum Gasteiger partial charge on any atom is -0.316 e. The van der Waals surface area contributed by atoms with Crippen molar-refractivity contribution in [2.75, 3.05) is 13.1 Å². The molecule has 0 aliphatic carbocycles. The fourth-order valence-corrected chi connectivity index (χ4v) is 1.94. The van der Waals surface area contributed by atoms with Gasteiger partial charge in [0.15, 0.2) is 0 Å². The van der Waals surface area contributed by atoms with Gasteiger partial charge in [-0.2, -0.15) is 0 Å². The summed E-state index contributed by atoms with van der Waals surface area (Å²) in [7, 11) is 0. The van der Waals surface area contributed by atoms with E-state index in [4.69, 9.17) is 0 Å². The summed E-state index contributed by atoms with van der Waals surface area (Å²) in [6, 6.07) is 3.98. The molecule has 1 aliphatic rings. The van der Waals surface area contributed by atoms with Gasteiger partial charge in [-0.15, -0.1) is 0 Å². The summed E-state index contributed by atoms with van der Waals surface area (Å²) in [4.78, 5) is 0. The maximum Gasteiger partial charge on any atom is 0.133 e. The Balaban J connectivity index is 2.26. The number of hydrogen-bond acceptors (Lipinski definition) is 1. The second-order valence-electron chi connectivity index (χ2n) is 4.04. The molecule has 0 atom stereocenters. The van der Waals surface area contributed by atoms with Gasteiger partial charge in [-0.3, -0.25) is 0 Å². The fourth-order valence-electron chi connectivity index (χ4n) is 1.94. The van der Waals surface area contributed by atoms with Gasteiger partial charge < -0.3 is 5.32 Å². The Morgan fingerprint density at radius 1 is 1.06 bits per heavy atom. The lowest BCUT2D eigenvalue weighted by Crippen LogP contribution is -2.13. The molecule has 0 unspecified atom stereocenters. The lowest BCUT2D eigenvalue weighted by molar-refractivity contribution is 0.578. The smallest absolute Gasteiger partial charge is 0.133 e. The van der Waals surface area contributed by atoms with E-state index in [9.17, 15) is 8.78 Å². The van der Waals surface area contributed by atoms with E-state index in [1.807, 2.05) is 0 Å².